The van der Waals surface area contributed by atoms with Gasteiger partial charge in [0.2, 0.25) is 5.91 Å². The van der Waals surface area contributed by atoms with E-state index >= 15 is 0 Å². The molecule has 0 spiro atoms. The molecule has 0 bridgehead atoms. The molecule has 1 saturated heterocycles. The molecular formula is C11H22N2O3. The number of carbonyl (C=O) groups is 1. The first-order valence-electron chi connectivity index (χ1n) is 5.75. The predicted molar refractivity (Wildman–Crippen MR) is 61.3 cm³/mol. The number of hydrogen-bond donors (Lipinski definition) is 2. The van der Waals surface area contributed by atoms with Crippen molar-refractivity contribution in [2.45, 2.75) is 24.8 Å². The van der Waals surface area contributed by atoms with E-state index < -0.39 is 0 Å². The minimum Gasteiger partial charge on any atom is -0.384 e. The van der Waals surface area contributed by atoms with Gasteiger partial charge in [-0.15, -0.1) is 0 Å². The van der Waals surface area contributed by atoms with Crippen LogP contribution in [0.5, 0.6) is 0 Å². The monoisotopic (exact) mass is 230 g/mol. The highest BCUT2D eigenvalue weighted by Gasteiger charge is 2.30. The number of ether oxygens (including phenoxy) is 2. The van der Waals surface area contributed by atoms with E-state index in [1.165, 1.54) is 0 Å². The van der Waals surface area contributed by atoms with E-state index in [0.717, 1.165) is 26.1 Å². The van der Waals surface area contributed by atoms with E-state index in [2.05, 4.69) is 10.6 Å². The minimum atomic E-state index is 0.000974. The number of nitrogens with one attached hydrogen (secondary N) is 2. The lowest BCUT2D eigenvalue weighted by atomic mass is 9.90. The summed E-state index contributed by atoms with van der Waals surface area (Å²) in [5.74, 6) is 0.0444. The molecule has 1 heterocycles. The molecule has 1 rings (SSSR count). The summed E-state index contributed by atoms with van der Waals surface area (Å²) in [6, 6.07) is 0. The summed E-state index contributed by atoms with van der Waals surface area (Å²) >= 11 is 0. The molecule has 1 aliphatic heterocycles. The van der Waals surface area contributed by atoms with Crippen molar-refractivity contribution in [2.75, 3.05) is 40.5 Å². The summed E-state index contributed by atoms with van der Waals surface area (Å²) < 4.78 is 10.2. The van der Waals surface area contributed by atoms with Gasteiger partial charge < -0.3 is 20.1 Å². The van der Waals surface area contributed by atoms with Crippen LogP contribution >= 0.6 is 0 Å². The van der Waals surface area contributed by atoms with Gasteiger partial charge in [-0.25, -0.2) is 0 Å². The third-order valence-electron chi connectivity index (χ3n) is 3.14. The Morgan fingerprint density at radius 2 is 2.12 bits per heavy atom. The highest BCUT2D eigenvalue weighted by molar-refractivity contribution is 5.76. The van der Waals surface area contributed by atoms with Gasteiger partial charge in [0.05, 0.1) is 6.61 Å². The zero-order chi connectivity index (χ0) is 11.9. The first kappa shape index (κ1) is 13.4. The maximum atomic E-state index is 11.5. The van der Waals surface area contributed by atoms with Crippen LogP contribution in [0.25, 0.3) is 0 Å². The van der Waals surface area contributed by atoms with Crippen molar-refractivity contribution in [2.24, 2.45) is 0 Å². The summed E-state index contributed by atoms with van der Waals surface area (Å²) in [7, 11) is 3.54. The molecule has 0 atom stereocenters. The molecule has 0 unspecified atom stereocenters. The number of likely N-dealkylation sites (N-methyl/N-ethyl adjacent to an activating group) is 1. The van der Waals surface area contributed by atoms with Gasteiger partial charge in [-0.2, -0.15) is 0 Å². The van der Waals surface area contributed by atoms with Gasteiger partial charge in [0.15, 0.2) is 0 Å². The maximum Gasteiger partial charge on any atom is 0.222 e. The van der Waals surface area contributed by atoms with Crippen LogP contribution in [-0.2, 0) is 14.3 Å². The molecule has 5 nitrogen and oxygen atoms in total. The summed E-state index contributed by atoms with van der Waals surface area (Å²) in [5, 5.41) is 6.24. The van der Waals surface area contributed by atoms with E-state index in [-0.39, 0.29) is 11.4 Å². The van der Waals surface area contributed by atoms with Crippen LogP contribution < -0.4 is 10.6 Å². The normalized spacial score (nSPS) is 19.4. The second-order valence-electron chi connectivity index (χ2n) is 4.16. The Labute approximate surface area is 96.9 Å². The lowest BCUT2D eigenvalue weighted by molar-refractivity contribution is -0.122. The highest BCUT2D eigenvalue weighted by atomic mass is 16.5. The first-order valence-corrected chi connectivity index (χ1v) is 5.75. The molecule has 1 amide bonds. The third-order valence-corrected chi connectivity index (χ3v) is 3.14. The molecule has 0 radical (unpaired) electrons. The number of rotatable bonds is 6. The molecule has 0 aromatic carbocycles. The van der Waals surface area contributed by atoms with Crippen LogP contribution in [0, 0.1) is 0 Å². The smallest absolute Gasteiger partial charge is 0.222 e. The van der Waals surface area contributed by atoms with E-state index in [9.17, 15) is 4.79 Å². The van der Waals surface area contributed by atoms with Crippen molar-refractivity contribution in [1.82, 2.24) is 10.6 Å². The fraction of sp³-hybridized carbons (Fsp3) is 0.909. The van der Waals surface area contributed by atoms with Gasteiger partial charge >= 0.3 is 0 Å². The van der Waals surface area contributed by atoms with E-state index in [1.807, 2.05) is 7.05 Å². The van der Waals surface area contributed by atoms with Crippen molar-refractivity contribution < 1.29 is 14.3 Å². The van der Waals surface area contributed by atoms with Crippen molar-refractivity contribution in [3.63, 3.8) is 0 Å². The summed E-state index contributed by atoms with van der Waals surface area (Å²) in [6.07, 6.45) is 2.30. The fourth-order valence-electron chi connectivity index (χ4n) is 1.83. The predicted octanol–water partition coefficient (Wildman–Crippen LogP) is -0.0923. The SMILES string of the molecule is CNC1(CNC(=O)CCOC)CCOCC1. The molecule has 0 aliphatic carbocycles. The van der Waals surface area contributed by atoms with Crippen LogP contribution in [0.2, 0.25) is 0 Å². The van der Waals surface area contributed by atoms with Crippen molar-refractivity contribution in [3.8, 4) is 0 Å². The standard InChI is InChI=1S/C11H22N2O3/c1-12-11(4-7-16-8-5-11)9-13-10(14)3-6-15-2/h12H,3-9H2,1-2H3,(H,13,14). The number of amides is 1. The Hall–Kier alpha value is -0.650. The van der Waals surface area contributed by atoms with Crippen LogP contribution in [0.3, 0.4) is 0 Å². The van der Waals surface area contributed by atoms with Crippen molar-refractivity contribution in [1.29, 1.82) is 0 Å². The average Bonchev–Trinajstić information content (AvgIpc) is 2.35. The Morgan fingerprint density at radius 3 is 2.69 bits per heavy atom. The quantitative estimate of drug-likeness (QED) is 0.669. The van der Waals surface area contributed by atoms with E-state index in [4.69, 9.17) is 9.47 Å². The lowest BCUT2D eigenvalue weighted by Crippen LogP contribution is -2.55. The molecule has 0 aromatic rings. The molecular weight excluding hydrogens is 208 g/mol. The second kappa shape index (κ2) is 6.83. The first-order chi connectivity index (χ1) is 7.72. The topological polar surface area (TPSA) is 59.6 Å². The van der Waals surface area contributed by atoms with Gasteiger partial charge in [-0.3, -0.25) is 4.79 Å². The summed E-state index contributed by atoms with van der Waals surface area (Å²) in [4.78, 5) is 11.5. The average molecular weight is 230 g/mol. The Morgan fingerprint density at radius 1 is 1.44 bits per heavy atom. The Bertz CT molecular complexity index is 215. The van der Waals surface area contributed by atoms with Gasteiger partial charge in [0.1, 0.15) is 0 Å². The zero-order valence-electron chi connectivity index (χ0n) is 10.2. The second-order valence-corrected chi connectivity index (χ2v) is 4.16. The van der Waals surface area contributed by atoms with Gasteiger partial charge in [-0.1, -0.05) is 0 Å². The number of carbonyl (C=O) groups excluding carboxylic acids is 1. The molecule has 2 N–H and O–H groups in total. The van der Waals surface area contributed by atoms with Crippen LogP contribution in [0.15, 0.2) is 0 Å². The molecule has 0 saturated carbocycles. The van der Waals surface area contributed by atoms with Gasteiger partial charge in [-0.05, 0) is 19.9 Å². The summed E-state index contributed by atoms with van der Waals surface area (Å²) in [5.41, 5.74) is 0.000974. The van der Waals surface area contributed by atoms with Gasteiger partial charge in [0.25, 0.3) is 0 Å². The van der Waals surface area contributed by atoms with E-state index in [1.54, 1.807) is 7.11 Å². The zero-order valence-corrected chi connectivity index (χ0v) is 10.2. The van der Waals surface area contributed by atoms with Gasteiger partial charge in [0, 0.05) is 38.8 Å². The lowest BCUT2D eigenvalue weighted by Gasteiger charge is -2.37. The Kier molecular flexibility index (Phi) is 5.73. The largest absolute Gasteiger partial charge is 0.384 e. The van der Waals surface area contributed by atoms with E-state index in [0.29, 0.717) is 19.6 Å². The van der Waals surface area contributed by atoms with Crippen molar-refractivity contribution >= 4 is 5.91 Å². The molecule has 1 aliphatic rings. The third kappa shape index (κ3) is 4.08. The maximum absolute atomic E-state index is 11.5. The van der Waals surface area contributed by atoms with Crippen LogP contribution in [0.1, 0.15) is 19.3 Å². The molecule has 1 fully saturated rings. The minimum absolute atomic E-state index is 0.000974. The molecule has 5 heteroatoms. The summed E-state index contributed by atoms with van der Waals surface area (Å²) in [6.45, 7) is 2.65. The van der Waals surface area contributed by atoms with Crippen LogP contribution in [0.4, 0.5) is 0 Å². The molecule has 0 aromatic heterocycles. The van der Waals surface area contributed by atoms with Crippen molar-refractivity contribution in [3.05, 3.63) is 0 Å². The number of hydrogen-bond acceptors (Lipinski definition) is 4. The molecule has 16 heavy (non-hydrogen) atoms. The number of methoxy groups -OCH3 is 1. The van der Waals surface area contributed by atoms with Crippen LogP contribution in [-0.4, -0.2) is 52.0 Å². The fourth-order valence-corrected chi connectivity index (χ4v) is 1.83. The molecule has 94 valence electrons. The Balaban J connectivity index is 2.30. The highest BCUT2D eigenvalue weighted by Crippen LogP contribution is 2.19.